The number of carbonyl (C=O) groups excluding carboxylic acids is 1. The summed E-state index contributed by atoms with van der Waals surface area (Å²) in [6.45, 7) is 1.92. The van der Waals surface area contributed by atoms with Gasteiger partial charge >= 0.3 is 0 Å². The molecule has 0 aliphatic heterocycles. The molecule has 1 amide bonds. The Morgan fingerprint density at radius 1 is 1.09 bits per heavy atom. The van der Waals surface area contributed by atoms with Gasteiger partial charge in [0, 0.05) is 24.2 Å². The average Bonchev–Trinajstić information content (AvgIpc) is 3.21. The number of nitrogens with zero attached hydrogens (tertiary/aromatic N) is 3. The summed E-state index contributed by atoms with van der Waals surface area (Å²) in [6, 6.07) is 12.2. The highest BCUT2D eigenvalue weighted by molar-refractivity contribution is 7.90. The van der Waals surface area contributed by atoms with Gasteiger partial charge in [-0.25, -0.2) is 22.8 Å². The number of nitrogens with one attached hydrogen (secondary N) is 1. The van der Waals surface area contributed by atoms with E-state index >= 15 is 0 Å². The fraction of sp³-hybridized carbons (Fsp3) is 0.174. The lowest BCUT2D eigenvalue weighted by Crippen LogP contribution is -2.28. The Bertz CT molecular complexity index is 1380. The largest absolute Gasteiger partial charge is 0.345 e. The summed E-state index contributed by atoms with van der Waals surface area (Å²) in [5, 5.41) is 2.97. The van der Waals surface area contributed by atoms with Crippen molar-refractivity contribution in [3.63, 3.8) is 0 Å². The van der Waals surface area contributed by atoms with Gasteiger partial charge in [-0.1, -0.05) is 13.0 Å². The summed E-state index contributed by atoms with van der Waals surface area (Å²) in [5.41, 5.74) is 2.49. The van der Waals surface area contributed by atoms with Crippen LogP contribution in [0.25, 0.3) is 16.9 Å². The van der Waals surface area contributed by atoms with Crippen molar-refractivity contribution in [2.45, 2.75) is 24.4 Å². The van der Waals surface area contributed by atoms with E-state index in [0.29, 0.717) is 28.9 Å². The molecule has 0 saturated carbocycles. The van der Waals surface area contributed by atoms with Crippen LogP contribution in [-0.2, 0) is 9.84 Å². The molecule has 0 aliphatic rings. The number of hydrogen-bond acceptors (Lipinski definition) is 5. The second-order valence-electron chi connectivity index (χ2n) is 7.40. The third kappa shape index (κ3) is 4.24. The van der Waals surface area contributed by atoms with Crippen molar-refractivity contribution in [3.05, 3.63) is 84.1 Å². The highest BCUT2D eigenvalue weighted by Gasteiger charge is 2.19. The van der Waals surface area contributed by atoms with Gasteiger partial charge in [0.2, 0.25) is 0 Å². The number of carbonyl (C=O) groups is 1. The lowest BCUT2D eigenvalue weighted by atomic mass is 10.1. The van der Waals surface area contributed by atoms with E-state index in [2.05, 4.69) is 15.3 Å². The van der Waals surface area contributed by atoms with E-state index in [-0.39, 0.29) is 22.8 Å². The SMILES string of the molecule is CCC(NC(=O)c1cccn2c(-c3ccc(F)cc3)ncc12)c1ccc(S(C)(=O)=O)nc1. The van der Waals surface area contributed by atoms with Gasteiger partial charge in [0.05, 0.1) is 23.3 Å². The molecule has 4 rings (SSSR count). The summed E-state index contributed by atoms with van der Waals surface area (Å²) in [7, 11) is -3.39. The molecule has 164 valence electrons. The van der Waals surface area contributed by atoms with Crippen LogP contribution in [0, 0.1) is 5.82 Å². The molecule has 0 radical (unpaired) electrons. The molecule has 1 aromatic carbocycles. The predicted octanol–water partition coefficient (Wildman–Crippen LogP) is 3.82. The normalized spacial score (nSPS) is 12.6. The van der Waals surface area contributed by atoms with E-state index in [4.69, 9.17) is 0 Å². The van der Waals surface area contributed by atoms with Crippen LogP contribution in [0.15, 0.2) is 72.1 Å². The Kier molecular flexibility index (Phi) is 5.75. The number of hydrogen-bond donors (Lipinski definition) is 1. The van der Waals surface area contributed by atoms with E-state index in [1.807, 2.05) is 6.92 Å². The number of fused-ring (bicyclic) bond motifs is 1. The van der Waals surface area contributed by atoms with Gasteiger partial charge in [0.15, 0.2) is 14.9 Å². The molecule has 9 heteroatoms. The van der Waals surface area contributed by atoms with Gasteiger partial charge in [-0.3, -0.25) is 9.20 Å². The zero-order valence-corrected chi connectivity index (χ0v) is 18.3. The number of sulfone groups is 1. The van der Waals surface area contributed by atoms with Crippen molar-refractivity contribution < 1.29 is 17.6 Å². The summed E-state index contributed by atoms with van der Waals surface area (Å²) in [6.07, 6.45) is 6.56. The molecular formula is C23H21FN4O3S. The van der Waals surface area contributed by atoms with Crippen LogP contribution in [0.1, 0.15) is 35.3 Å². The first-order valence-electron chi connectivity index (χ1n) is 9.97. The summed E-state index contributed by atoms with van der Waals surface area (Å²) >= 11 is 0. The molecule has 7 nitrogen and oxygen atoms in total. The minimum Gasteiger partial charge on any atom is -0.345 e. The molecule has 1 atom stereocenters. The smallest absolute Gasteiger partial charge is 0.253 e. The fourth-order valence-corrected chi connectivity index (χ4v) is 4.06. The van der Waals surface area contributed by atoms with Gasteiger partial charge in [-0.05, 0) is 54.4 Å². The second-order valence-corrected chi connectivity index (χ2v) is 9.36. The monoisotopic (exact) mass is 452 g/mol. The molecule has 0 saturated heterocycles. The van der Waals surface area contributed by atoms with Crippen LogP contribution in [0.4, 0.5) is 4.39 Å². The lowest BCUT2D eigenvalue weighted by Gasteiger charge is -2.18. The van der Waals surface area contributed by atoms with Crippen LogP contribution in [0.3, 0.4) is 0 Å². The van der Waals surface area contributed by atoms with Crippen molar-refractivity contribution >= 4 is 21.3 Å². The van der Waals surface area contributed by atoms with Crippen LogP contribution in [-0.4, -0.2) is 34.9 Å². The maximum Gasteiger partial charge on any atom is 0.253 e. The standard InChI is InChI=1S/C23H21FN4O3S/c1-3-19(16-8-11-21(25-13-16)32(2,30)31)27-23(29)18-5-4-12-28-20(18)14-26-22(28)15-6-9-17(24)10-7-15/h4-14,19H,3H2,1-2H3,(H,27,29). The number of imidazole rings is 1. The van der Waals surface area contributed by atoms with Crippen molar-refractivity contribution in [3.8, 4) is 11.4 Å². The van der Waals surface area contributed by atoms with Gasteiger partial charge in [-0.15, -0.1) is 0 Å². The fourth-order valence-electron chi connectivity index (χ4n) is 3.50. The molecule has 0 fully saturated rings. The quantitative estimate of drug-likeness (QED) is 0.480. The lowest BCUT2D eigenvalue weighted by molar-refractivity contribution is 0.0937. The molecule has 0 aliphatic carbocycles. The molecule has 3 aromatic heterocycles. The van der Waals surface area contributed by atoms with Crippen molar-refractivity contribution in [1.29, 1.82) is 0 Å². The Balaban J connectivity index is 1.62. The topological polar surface area (TPSA) is 93.4 Å². The van der Waals surface area contributed by atoms with Crippen molar-refractivity contribution in [2.24, 2.45) is 0 Å². The van der Waals surface area contributed by atoms with Crippen molar-refractivity contribution in [1.82, 2.24) is 19.7 Å². The van der Waals surface area contributed by atoms with E-state index in [0.717, 1.165) is 11.8 Å². The Labute approximate surface area is 184 Å². The summed E-state index contributed by atoms with van der Waals surface area (Å²) in [5.74, 6) is -0.0261. The van der Waals surface area contributed by atoms with Gasteiger partial charge in [-0.2, -0.15) is 0 Å². The van der Waals surface area contributed by atoms with Crippen LogP contribution in [0.2, 0.25) is 0 Å². The number of amides is 1. The zero-order chi connectivity index (χ0) is 22.9. The van der Waals surface area contributed by atoms with Gasteiger partial charge in [0.25, 0.3) is 5.91 Å². The van der Waals surface area contributed by atoms with Crippen LogP contribution in [0.5, 0.6) is 0 Å². The Morgan fingerprint density at radius 2 is 1.84 bits per heavy atom. The number of rotatable bonds is 6. The molecule has 32 heavy (non-hydrogen) atoms. The molecule has 1 unspecified atom stereocenters. The Hall–Kier alpha value is -3.59. The molecular weight excluding hydrogens is 431 g/mol. The summed E-state index contributed by atoms with van der Waals surface area (Å²) in [4.78, 5) is 21.5. The number of aromatic nitrogens is 3. The molecule has 4 aromatic rings. The highest BCUT2D eigenvalue weighted by atomic mass is 32.2. The second kappa shape index (κ2) is 8.51. The maximum atomic E-state index is 13.3. The minimum absolute atomic E-state index is 0.0141. The molecule has 3 heterocycles. The first-order chi connectivity index (χ1) is 15.3. The molecule has 0 spiro atoms. The maximum absolute atomic E-state index is 13.3. The predicted molar refractivity (Wildman–Crippen MR) is 118 cm³/mol. The van der Waals surface area contributed by atoms with Crippen LogP contribution >= 0.6 is 0 Å². The zero-order valence-electron chi connectivity index (χ0n) is 17.5. The average molecular weight is 453 g/mol. The minimum atomic E-state index is -3.39. The summed E-state index contributed by atoms with van der Waals surface area (Å²) < 4.78 is 38.3. The third-order valence-electron chi connectivity index (χ3n) is 5.17. The van der Waals surface area contributed by atoms with E-state index in [1.165, 1.54) is 24.4 Å². The van der Waals surface area contributed by atoms with Crippen molar-refractivity contribution in [2.75, 3.05) is 6.26 Å². The number of benzene rings is 1. The number of pyridine rings is 2. The third-order valence-corrected chi connectivity index (χ3v) is 6.17. The Morgan fingerprint density at radius 3 is 2.47 bits per heavy atom. The molecule has 1 N–H and O–H groups in total. The highest BCUT2D eigenvalue weighted by Crippen LogP contribution is 2.23. The first kappa shape index (κ1) is 21.6. The number of halogens is 1. The van der Waals surface area contributed by atoms with Gasteiger partial charge < -0.3 is 5.32 Å². The van der Waals surface area contributed by atoms with Crippen LogP contribution < -0.4 is 5.32 Å². The van der Waals surface area contributed by atoms with Gasteiger partial charge in [0.1, 0.15) is 11.6 Å². The first-order valence-corrected chi connectivity index (χ1v) is 11.9. The van der Waals surface area contributed by atoms with E-state index < -0.39 is 9.84 Å². The molecule has 0 bridgehead atoms. The van der Waals surface area contributed by atoms with E-state index in [1.54, 1.807) is 47.1 Å². The van der Waals surface area contributed by atoms with E-state index in [9.17, 15) is 17.6 Å².